The highest BCUT2D eigenvalue weighted by atomic mass is 19.4. The van der Waals surface area contributed by atoms with E-state index in [4.69, 9.17) is 0 Å². The maximum absolute atomic E-state index is 13.2. The minimum Gasteiger partial charge on any atom is -0.361 e. The number of hydrogen-bond acceptors (Lipinski definition) is 2. The molecule has 1 atom stereocenters. The molecule has 1 fully saturated rings. The Balaban J connectivity index is 1.44. The molecule has 1 aliphatic heterocycles. The van der Waals surface area contributed by atoms with Crippen LogP contribution in [-0.4, -0.2) is 41.5 Å². The Morgan fingerprint density at radius 3 is 2.62 bits per heavy atom. The van der Waals surface area contributed by atoms with E-state index in [1.165, 1.54) is 12.1 Å². The summed E-state index contributed by atoms with van der Waals surface area (Å²) in [6, 6.07) is 13.1. The molecule has 0 spiro atoms. The molecular weight excluding hydrogens is 379 g/mol. The fourth-order valence-corrected chi connectivity index (χ4v) is 3.96. The van der Waals surface area contributed by atoms with Crippen molar-refractivity contribution in [2.75, 3.05) is 19.6 Å². The van der Waals surface area contributed by atoms with Crippen molar-refractivity contribution < 1.29 is 18.0 Å². The number of nitrogens with zero attached hydrogens (tertiary/aromatic N) is 1. The lowest BCUT2D eigenvalue weighted by Gasteiger charge is -2.33. The molecule has 29 heavy (non-hydrogen) atoms. The number of hydrogen-bond donors (Lipinski definition) is 2. The van der Waals surface area contributed by atoms with Gasteiger partial charge in [0.25, 0.3) is 0 Å². The molecule has 0 aliphatic carbocycles. The Labute approximate surface area is 166 Å². The lowest BCUT2D eigenvalue weighted by atomic mass is 10.0. The van der Waals surface area contributed by atoms with Crippen molar-refractivity contribution in [3.05, 3.63) is 71.4 Å². The van der Waals surface area contributed by atoms with Crippen molar-refractivity contribution in [3.63, 3.8) is 0 Å². The van der Waals surface area contributed by atoms with Gasteiger partial charge >= 0.3 is 6.18 Å². The first-order chi connectivity index (χ1) is 13.9. The second kappa shape index (κ2) is 7.91. The van der Waals surface area contributed by atoms with Gasteiger partial charge in [-0.15, -0.1) is 0 Å². The highest BCUT2D eigenvalue weighted by Crippen LogP contribution is 2.32. The maximum Gasteiger partial charge on any atom is 0.416 e. The van der Waals surface area contributed by atoms with Crippen molar-refractivity contribution >= 4 is 16.8 Å². The molecule has 1 aromatic heterocycles. The molecule has 4 nitrogen and oxygen atoms in total. The number of aromatic nitrogens is 1. The number of halogens is 3. The predicted molar refractivity (Wildman–Crippen MR) is 106 cm³/mol. The fourth-order valence-electron chi connectivity index (χ4n) is 3.96. The molecule has 4 rings (SSSR count). The van der Waals surface area contributed by atoms with Gasteiger partial charge < -0.3 is 15.2 Å². The zero-order chi connectivity index (χ0) is 20.4. The lowest BCUT2D eigenvalue weighted by molar-refractivity contribution is -0.138. The first kappa shape index (κ1) is 19.5. The number of amides is 1. The van der Waals surface area contributed by atoms with E-state index in [0.717, 1.165) is 22.5 Å². The Kier molecular flexibility index (Phi) is 5.32. The molecule has 0 bridgehead atoms. The number of carbonyl (C=O) groups excluding carboxylic acids is 1. The third kappa shape index (κ3) is 4.15. The Hall–Kier alpha value is -2.80. The van der Waals surface area contributed by atoms with E-state index in [1.807, 2.05) is 30.5 Å². The Morgan fingerprint density at radius 2 is 1.79 bits per heavy atom. The van der Waals surface area contributed by atoms with Crippen LogP contribution in [-0.2, 0) is 23.8 Å². The summed E-state index contributed by atoms with van der Waals surface area (Å²) in [7, 11) is 0. The van der Waals surface area contributed by atoms with Crippen molar-refractivity contribution in [2.45, 2.75) is 25.1 Å². The van der Waals surface area contributed by atoms with Gasteiger partial charge in [0.05, 0.1) is 11.6 Å². The summed E-state index contributed by atoms with van der Waals surface area (Å²) in [4.78, 5) is 17.8. The summed E-state index contributed by atoms with van der Waals surface area (Å²) < 4.78 is 39.6. The second-order valence-electron chi connectivity index (χ2n) is 7.30. The van der Waals surface area contributed by atoms with E-state index in [-0.39, 0.29) is 30.5 Å². The quantitative estimate of drug-likeness (QED) is 0.684. The number of aromatic amines is 1. The van der Waals surface area contributed by atoms with Crippen LogP contribution >= 0.6 is 0 Å². The van der Waals surface area contributed by atoms with E-state index < -0.39 is 11.7 Å². The number of carbonyl (C=O) groups is 1. The topological polar surface area (TPSA) is 48.1 Å². The minimum atomic E-state index is -4.39. The average Bonchev–Trinajstić information content (AvgIpc) is 3.11. The SMILES string of the molecule is O=C1C(Cc2c[nH]c3ccccc23)NCCN1CCc1ccccc1C(F)(F)F. The van der Waals surface area contributed by atoms with Crippen LogP contribution in [0, 0.1) is 0 Å². The largest absolute Gasteiger partial charge is 0.416 e. The van der Waals surface area contributed by atoms with Crippen LogP contribution in [0.5, 0.6) is 0 Å². The molecule has 7 heteroatoms. The summed E-state index contributed by atoms with van der Waals surface area (Å²) in [5, 5.41) is 4.33. The maximum atomic E-state index is 13.2. The molecule has 3 aromatic rings. The average molecular weight is 401 g/mol. The lowest BCUT2D eigenvalue weighted by Crippen LogP contribution is -2.56. The zero-order valence-electron chi connectivity index (χ0n) is 15.8. The summed E-state index contributed by atoms with van der Waals surface area (Å²) in [6.45, 7) is 1.40. The van der Waals surface area contributed by atoms with Crippen LogP contribution < -0.4 is 5.32 Å². The summed E-state index contributed by atoms with van der Waals surface area (Å²) in [5.41, 5.74) is 1.67. The highest BCUT2D eigenvalue weighted by Gasteiger charge is 2.33. The van der Waals surface area contributed by atoms with Crippen LogP contribution in [0.4, 0.5) is 13.2 Å². The number of fused-ring (bicyclic) bond motifs is 1. The van der Waals surface area contributed by atoms with Gasteiger partial charge in [0.1, 0.15) is 0 Å². The first-order valence-electron chi connectivity index (χ1n) is 9.66. The van der Waals surface area contributed by atoms with Gasteiger partial charge in [0.2, 0.25) is 5.91 Å². The van der Waals surface area contributed by atoms with Crippen LogP contribution in [0.2, 0.25) is 0 Å². The number of nitrogens with one attached hydrogen (secondary N) is 2. The van der Waals surface area contributed by atoms with E-state index >= 15 is 0 Å². The van der Waals surface area contributed by atoms with E-state index in [0.29, 0.717) is 19.5 Å². The van der Waals surface area contributed by atoms with Crippen LogP contribution in [0.3, 0.4) is 0 Å². The summed E-state index contributed by atoms with van der Waals surface area (Å²) in [6.07, 6.45) is -1.75. The predicted octanol–water partition coefficient (Wildman–Crippen LogP) is 3.77. The first-order valence-corrected chi connectivity index (χ1v) is 9.66. The van der Waals surface area contributed by atoms with Crippen LogP contribution in [0.1, 0.15) is 16.7 Å². The molecule has 2 aromatic carbocycles. The summed E-state index contributed by atoms with van der Waals surface area (Å²) >= 11 is 0. The van der Waals surface area contributed by atoms with Crippen molar-refractivity contribution in [1.82, 2.24) is 15.2 Å². The van der Waals surface area contributed by atoms with Crippen LogP contribution in [0.15, 0.2) is 54.7 Å². The van der Waals surface area contributed by atoms with Gasteiger partial charge in [-0.1, -0.05) is 36.4 Å². The van der Waals surface area contributed by atoms with E-state index in [2.05, 4.69) is 10.3 Å². The molecule has 0 radical (unpaired) electrons. The second-order valence-corrected chi connectivity index (χ2v) is 7.30. The van der Waals surface area contributed by atoms with Gasteiger partial charge in [-0.3, -0.25) is 4.79 Å². The van der Waals surface area contributed by atoms with Crippen molar-refractivity contribution in [3.8, 4) is 0 Å². The molecule has 1 aliphatic rings. The smallest absolute Gasteiger partial charge is 0.361 e. The molecule has 152 valence electrons. The normalized spacial score (nSPS) is 17.8. The third-order valence-corrected chi connectivity index (χ3v) is 5.46. The number of rotatable bonds is 5. The van der Waals surface area contributed by atoms with Gasteiger partial charge in [-0.2, -0.15) is 13.2 Å². The van der Waals surface area contributed by atoms with Crippen molar-refractivity contribution in [2.24, 2.45) is 0 Å². The highest BCUT2D eigenvalue weighted by molar-refractivity contribution is 5.86. The molecule has 2 heterocycles. The third-order valence-electron chi connectivity index (χ3n) is 5.46. The number of para-hydroxylation sites is 1. The minimum absolute atomic E-state index is 0.0639. The van der Waals surface area contributed by atoms with Gasteiger partial charge in [-0.05, 0) is 36.1 Å². The van der Waals surface area contributed by atoms with Gasteiger partial charge in [0.15, 0.2) is 0 Å². The standard InChI is InChI=1S/C22H22F3N3O/c23-22(24,25)18-7-3-1-5-15(18)9-11-28-12-10-26-20(21(28)29)13-16-14-27-19-8-4-2-6-17(16)19/h1-8,14,20,26-27H,9-13H2. The number of alkyl halides is 3. The van der Waals surface area contributed by atoms with Gasteiger partial charge in [-0.25, -0.2) is 0 Å². The molecule has 1 amide bonds. The number of piperazine rings is 1. The Bertz CT molecular complexity index is 1010. The zero-order valence-corrected chi connectivity index (χ0v) is 15.8. The Morgan fingerprint density at radius 1 is 1.03 bits per heavy atom. The summed E-state index contributed by atoms with van der Waals surface area (Å²) in [5.74, 6) is -0.0639. The van der Waals surface area contributed by atoms with Gasteiger partial charge in [0, 0.05) is 36.7 Å². The molecule has 0 saturated carbocycles. The molecule has 1 saturated heterocycles. The monoisotopic (exact) mass is 401 g/mol. The fraction of sp³-hybridized carbons (Fsp3) is 0.318. The van der Waals surface area contributed by atoms with E-state index in [9.17, 15) is 18.0 Å². The molecular formula is C22H22F3N3O. The number of benzene rings is 2. The molecule has 2 N–H and O–H groups in total. The molecule has 1 unspecified atom stereocenters. The number of H-pyrrole nitrogens is 1. The van der Waals surface area contributed by atoms with Crippen LogP contribution in [0.25, 0.3) is 10.9 Å². The van der Waals surface area contributed by atoms with Crippen molar-refractivity contribution in [1.29, 1.82) is 0 Å². The van der Waals surface area contributed by atoms with E-state index in [1.54, 1.807) is 11.0 Å².